The summed E-state index contributed by atoms with van der Waals surface area (Å²) in [5, 5.41) is 6.68. The third-order valence-corrected chi connectivity index (χ3v) is 3.11. The summed E-state index contributed by atoms with van der Waals surface area (Å²) >= 11 is 6.06. The zero-order chi connectivity index (χ0) is 10.7. The summed E-state index contributed by atoms with van der Waals surface area (Å²) in [7, 11) is 0. The zero-order valence-electron chi connectivity index (χ0n) is 8.45. The van der Waals surface area contributed by atoms with E-state index in [1.807, 2.05) is 4.90 Å². The zero-order valence-corrected chi connectivity index (χ0v) is 9.20. The number of hydrogen-bond donors (Lipinski definition) is 1. The highest BCUT2D eigenvalue weighted by molar-refractivity contribution is 6.20. The van der Waals surface area contributed by atoms with E-state index in [9.17, 15) is 4.79 Å². The van der Waals surface area contributed by atoms with Crippen molar-refractivity contribution in [2.24, 2.45) is 0 Å². The van der Waals surface area contributed by atoms with E-state index in [-0.39, 0.29) is 11.3 Å². The molecule has 0 spiro atoms. The van der Waals surface area contributed by atoms with Crippen molar-refractivity contribution in [3.05, 3.63) is 18.0 Å². The predicted molar refractivity (Wildman–Crippen MR) is 58.0 cm³/mol. The molecule has 0 saturated carbocycles. The molecule has 2 heterocycles. The number of nitrogens with zero attached hydrogens (tertiary/aromatic N) is 2. The molecule has 0 aliphatic carbocycles. The molecule has 1 saturated heterocycles. The highest BCUT2D eigenvalue weighted by atomic mass is 35.5. The van der Waals surface area contributed by atoms with Crippen LogP contribution >= 0.6 is 11.6 Å². The molecule has 1 atom stereocenters. The molecule has 82 valence electrons. The number of carbonyl (C=O) groups excluding carboxylic acids is 1. The molecule has 1 aliphatic rings. The minimum absolute atomic E-state index is 0.0262. The molecular formula is C10H14ClN3O. The second-order valence-corrected chi connectivity index (χ2v) is 4.41. The largest absolute Gasteiger partial charge is 0.337 e. The Morgan fingerprint density at radius 2 is 2.40 bits per heavy atom. The Hall–Kier alpha value is -1.03. The lowest BCUT2D eigenvalue weighted by Crippen LogP contribution is -2.32. The highest BCUT2D eigenvalue weighted by Crippen LogP contribution is 2.17. The normalized spacial score (nSPS) is 22.5. The van der Waals surface area contributed by atoms with Gasteiger partial charge in [0.2, 0.25) is 0 Å². The quantitative estimate of drug-likeness (QED) is 0.742. The van der Waals surface area contributed by atoms with Crippen LogP contribution in [0.3, 0.4) is 0 Å². The van der Waals surface area contributed by atoms with E-state index in [1.54, 1.807) is 12.3 Å². The first-order valence-electron chi connectivity index (χ1n) is 5.20. The van der Waals surface area contributed by atoms with E-state index in [0.29, 0.717) is 5.69 Å². The van der Waals surface area contributed by atoms with E-state index >= 15 is 0 Å². The SMILES string of the molecule is O=C(c1ccn[nH]1)N1CCCC(Cl)CC1. The van der Waals surface area contributed by atoms with Crippen LogP contribution in [0.15, 0.2) is 12.3 Å². The number of nitrogens with one attached hydrogen (secondary N) is 1. The van der Waals surface area contributed by atoms with Crippen LogP contribution in [0.25, 0.3) is 0 Å². The van der Waals surface area contributed by atoms with Crippen LogP contribution in [0.1, 0.15) is 29.8 Å². The Bertz CT molecular complexity index is 325. The number of hydrogen-bond acceptors (Lipinski definition) is 2. The van der Waals surface area contributed by atoms with Crippen LogP contribution in [-0.2, 0) is 0 Å². The van der Waals surface area contributed by atoms with Gasteiger partial charge in [0.15, 0.2) is 0 Å². The standard InChI is InChI=1S/C10H14ClN3O/c11-8-2-1-6-14(7-4-8)10(15)9-3-5-12-13-9/h3,5,8H,1-2,4,6-7H2,(H,12,13). The number of aromatic amines is 1. The fourth-order valence-corrected chi connectivity index (χ4v) is 2.06. The molecule has 0 aromatic carbocycles. The lowest BCUT2D eigenvalue weighted by Gasteiger charge is -2.19. The maximum Gasteiger partial charge on any atom is 0.271 e. The second kappa shape index (κ2) is 4.66. The highest BCUT2D eigenvalue weighted by Gasteiger charge is 2.20. The molecule has 1 fully saturated rings. The number of halogens is 1. The first-order valence-corrected chi connectivity index (χ1v) is 5.64. The first kappa shape index (κ1) is 10.5. The molecule has 1 aliphatic heterocycles. The van der Waals surface area contributed by atoms with Crippen molar-refractivity contribution in [1.82, 2.24) is 15.1 Å². The average Bonchev–Trinajstić information content (AvgIpc) is 2.67. The van der Waals surface area contributed by atoms with Crippen molar-refractivity contribution in [3.8, 4) is 0 Å². The molecule has 1 N–H and O–H groups in total. The lowest BCUT2D eigenvalue weighted by atomic mass is 10.2. The minimum Gasteiger partial charge on any atom is -0.337 e. The second-order valence-electron chi connectivity index (χ2n) is 3.79. The third-order valence-electron chi connectivity index (χ3n) is 2.68. The number of likely N-dealkylation sites (tertiary alicyclic amines) is 1. The third kappa shape index (κ3) is 2.50. The van der Waals surface area contributed by atoms with Gasteiger partial charge in [0.25, 0.3) is 5.91 Å². The number of H-pyrrole nitrogens is 1. The first-order chi connectivity index (χ1) is 7.27. The van der Waals surface area contributed by atoms with E-state index in [1.165, 1.54) is 0 Å². The molecule has 2 rings (SSSR count). The van der Waals surface area contributed by atoms with Gasteiger partial charge in [-0.05, 0) is 25.3 Å². The Labute approximate surface area is 93.6 Å². The molecule has 1 unspecified atom stereocenters. The van der Waals surface area contributed by atoms with Crippen molar-refractivity contribution in [2.75, 3.05) is 13.1 Å². The predicted octanol–water partition coefficient (Wildman–Crippen LogP) is 1.64. The van der Waals surface area contributed by atoms with E-state index in [0.717, 1.165) is 32.4 Å². The van der Waals surface area contributed by atoms with E-state index in [4.69, 9.17) is 11.6 Å². The van der Waals surface area contributed by atoms with Crippen LogP contribution in [0.5, 0.6) is 0 Å². The summed E-state index contributed by atoms with van der Waals surface area (Å²) in [5.74, 6) is 0.0262. The van der Waals surface area contributed by atoms with Crippen molar-refractivity contribution in [1.29, 1.82) is 0 Å². The van der Waals surface area contributed by atoms with E-state index < -0.39 is 0 Å². The van der Waals surface area contributed by atoms with Gasteiger partial charge in [0.05, 0.1) is 0 Å². The number of amides is 1. The summed E-state index contributed by atoms with van der Waals surface area (Å²) in [5.41, 5.74) is 0.558. The molecule has 0 bridgehead atoms. The molecule has 0 radical (unpaired) electrons. The van der Waals surface area contributed by atoms with Crippen molar-refractivity contribution >= 4 is 17.5 Å². The summed E-state index contributed by atoms with van der Waals surface area (Å²) in [6.07, 6.45) is 4.44. The molecule has 1 aromatic heterocycles. The molecule has 15 heavy (non-hydrogen) atoms. The van der Waals surface area contributed by atoms with Gasteiger partial charge in [-0.15, -0.1) is 11.6 Å². The Kier molecular flexibility index (Phi) is 3.26. The number of carbonyl (C=O) groups is 1. The van der Waals surface area contributed by atoms with Crippen LogP contribution in [0.2, 0.25) is 0 Å². The average molecular weight is 228 g/mol. The molecule has 1 amide bonds. The van der Waals surface area contributed by atoms with E-state index in [2.05, 4.69) is 10.2 Å². The van der Waals surface area contributed by atoms with Crippen LogP contribution in [0.4, 0.5) is 0 Å². The maximum atomic E-state index is 11.9. The van der Waals surface area contributed by atoms with Crippen LogP contribution in [-0.4, -0.2) is 39.5 Å². The molecule has 5 heteroatoms. The number of alkyl halides is 1. The summed E-state index contributed by atoms with van der Waals surface area (Å²) in [4.78, 5) is 13.8. The Morgan fingerprint density at radius 3 is 3.13 bits per heavy atom. The summed E-state index contributed by atoms with van der Waals surface area (Å²) in [6, 6.07) is 1.70. The van der Waals surface area contributed by atoms with Crippen LogP contribution < -0.4 is 0 Å². The molecular weight excluding hydrogens is 214 g/mol. The number of rotatable bonds is 1. The van der Waals surface area contributed by atoms with Gasteiger partial charge in [-0.3, -0.25) is 9.89 Å². The Morgan fingerprint density at radius 1 is 1.53 bits per heavy atom. The van der Waals surface area contributed by atoms with Gasteiger partial charge in [0.1, 0.15) is 5.69 Å². The van der Waals surface area contributed by atoms with Crippen LogP contribution in [0, 0.1) is 0 Å². The molecule has 1 aromatic rings. The topological polar surface area (TPSA) is 49.0 Å². The summed E-state index contributed by atoms with van der Waals surface area (Å²) < 4.78 is 0. The maximum absolute atomic E-state index is 11.9. The smallest absolute Gasteiger partial charge is 0.271 e. The van der Waals surface area contributed by atoms with Gasteiger partial charge in [-0.25, -0.2) is 0 Å². The fourth-order valence-electron chi connectivity index (χ4n) is 1.80. The molecule has 4 nitrogen and oxygen atoms in total. The van der Waals surface area contributed by atoms with Crippen molar-refractivity contribution < 1.29 is 4.79 Å². The Balaban J connectivity index is 2.01. The summed E-state index contributed by atoms with van der Waals surface area (Å²) in [6.45, 7) is 1.53. The van der Waals surface area contributed by atoms with Gasteiger partial charge < -0.3 is 4.90 Å². The van der Waals surface area contributed by atoms with Crippen molar-refractivity contribution in [3.63, 3.8) is 0 Å². The van der Waals surface area contributed by atoms with Gasteiger partial charge in [-0.2, -0.15) is 5.10 Å². The fraction of sp³-hybridized carbons (Fsp3) is 0.600. The number of aromatic nitrogens is 2. The van der Waals surface area contributed by atoms with Crippen molar-refractivity contribution in [2.45, 2.75) is 24.6 Å². The van der Waals surface area contributed by atoms with Gasteiger partial charge in [0, 0.05) is 24.7 Å². The van der Waals surface area contributed by atoms with Gasteiger partial charge >= 0.3 is 0 Å². The minimum atomic E-state index is 0.0262. The lowest BCUT2D eigenvalue weighted by molar-refractivity contribution is 0.0756. The van der Waals surface area contributed by atoms with Gasteiger partial charge in [-0.1, -0.05) is 0 Å². The monoisotopic (exact) mass is 227 g/mol.